The van der Waals surface area contributed by atoms with Crippen LogP contribution >= 0.6 is 15.9 Å². The van der Waals surface area contributed by atoms with E-state index >= 15 is 0 Å². The van der Waals surface area contributed by atoms with Crippen molar-refractivity contribution in [2.24, 2.45) is 0 Å². The molecule has 0 bridgehead atoms. The minimum Gasteiger partial charge on any atom is -0.358 e. The molecule has 0 radical (unpaired) electrons. The molecule has 0 saturated carbocycles. The largest absolute Gasteiger partial charge is 0.358 e. The van der Waals surface area contributed by atoms with Crippen molar-refractivity contribution in [2.45, 2.75) is 25.2 Å². The molecule has 3 nitrogen and oxygen atoms in total. The second-order valence-electron chi connectivity index (χ2n) is 6.77. The summed E-state index contributed by atoms with van der Waals surface area (Å²) in [5, 5.41) is 1.27. The minimum absolute atomic E-state index is 0.230. The molecule has 0 unspecified atom stereocenters. The number of carbonyl (C=O) groups is 1. The van der Waals surface area contributed by atoms with E-state index in [0.717, 1.165) is 36.0 Å². The zero-order valence-corrected chi connectivity index (χ0v) is 15.6. The monoisotopic (exact) mass is 396 g/mol. The maximum atomic E-state index is 12.6. The molecular weight excluding hydrogens is 376 g/mol. The molecule has 0 aliphatic carbocycles. The topological polar surface area (TPSA) is 36.1 Å². The first-order valence-electron chi connectivity index (χ1n) is 8.79. The molecule has 3 aromatic rings. The summed E-state index contributed by atoms with van der Waals surface area (Å²) < 4.78 is 1.02. The Morgan fingerprint density at radius 2 is 1.88 bits per heavy atom. The molecule has 25 heavy (non-hydrogen) atoms. The van der Waals surface area contributed by atoms with Gasteiger partial charge in [0.1, 0.15) is 0 Å². The lowest BCUT2D eigenvalue weighted by atomic mass is 9.93. The maximum absolute atomic E-state index is 12.6. The summed E-state index contributed by atoms with van der Waals surface area (Å²) in [5.41, 5.74) is 3.57. The van der Waals surface area contributed by atoms with Gasteiger partial charge in [-0.2, -0.15) is 0 Å². The third kappa shape index (κ3) is 3.64. The molecule has 1 aromatic heterocycles. The Hall–Kier alpha value is -2.07. The van der Waals surface area contributed by atoms with Gasteiger partial charge in [0.25, 0.3) is 0 Å². The van der Waals surface area contributed by atoms with E-state index in [1.54, 1.807) is 0 Å². The number of rotatable bonds is 3. The Labute approximate surface area is 156 Å². The van der Waals surface area contributed by atoms with Crippen molar-refractivity contribution in [2.75, 3.05) is 13.1 Å². The molecule has 2 heterocycles. The van der Waals surface area contributed by atoms with E-state index in [9.17, 15) is 4.79 Å². The zero-order chi connectivity index (χ0) is 17.2. The van der Waals surface area contributed by atoms with Gasteiger partial charge in [-0.1, -0.05) is 46.3 Å². The number of amides is 1. The van der Waals surface area contributed by atoms with Crippen molar-refractivity contribution in [1.82, 2.24) is 9.88 Å². The highest BCUT2D eigenvalue weighted by Gasteiger charge is 2.24. The average Bonchev–Trinajstić information content (AvgIpc) is 3.06. The lowest BCUT2D eigenvalue weighted by Gasteiger charge is -2.31. The number of piperidine rings is 1. The number of hydrogen-bond acceptors (Lipinski definition) is 1. The second kappa shape index (κ2) is 7.04. The first-order chi connectivity index (χ1) is 12.2. The minimum atomic E-state index is 0.230. The standard InChI is InChI=1S/C21H21BrN2O/c22-18-6-3-4-15(12-18)13-21(25)24-10-8-16(9-11-24)20-14-17-5-1-2-7-19(17)23-20/h1-7,12,14,16,23H,8-11,13H2. The van der Waals surface area contributed by atoms with Gasteiger partial charge in [0, 0.05) is 34.7 Å². The number of carbonyl (C=O) groups excluding carboxylic acids is 1. The average molecular weight is 397 g/mol. The van der Waals surface area contributed by atoms with Crippen molar-refractivity contribution in [1.29, 1.82) is 0 Å². The van der Waals surface area contributed by atoms with Gasteiger partial charge in [-0.25, -0.2) is 0 Å². The van der Waals surface area contributed by atoms with Crippen LogP contribution in [-0.4, -0.2) is 28.9 Å². The summed E-state index contributed by atoms with van der Waals surface area (Å²) in [6.07, 6.45) is 2.53. The summed E-state index contributed by atoms with van der Waals surface area (Å²) in [7, 11) is 0. The Bertz CT molecular complexity index is 861. The van der Waals surface area contributed by atoms with Gasteiger partial charge in [-0.05, 0) is 48.1 Å². The van der Waals surface area contributed by atoms with Crippen LogP contribution in [0, 0.1) is 0 Å². The number of fused-ring (bicyclic) bond motifs is 1. The predicted octanol–water partition coefficient (Wildman–Crippen LogP) is 4.88. The molecule has 1 aliphatic heterocycles. The maximum Gasteiger partial charge on any atom is 0.226 e. The summed E-state index contributed by atoms with van der Waals surface area (Å²) in [5.74, 6) is 0.746. The van der Waals surface area contributed by atoms with Gasteiger partial charge in [0.2, 0.25) is 5.91 Å². The molecule has 2 aromatic carbocycles. The van der Waals surface area contributed by atoms with Crippen LogP contribution in [0.2, 0.25) is 0 Å². The van der Waals surface area contributed by atoms with Crippen LogP contribution in [0.15, 0.2) is 59.1 Å². The zero-order valence-electron chi connectivity index (χ0n) is 14.0. The Morgan fingerprint density at radius 1 is 1.08 bits per heavy atom. The van der Waals surface area contributed by atoms with E-state index < -0.39 is 0 Å². The van der Waals surface area contributed by atoms with Crippen LogP contribution in [0.3, 0.4) is 0 Å². The fourth-order valence-electron chi connectivity index (χ4n) is 3.69. The summed E-state index contributed by atoms with van der Waals surface area (Å²) in [6.45, 7) is 1.68. The number of para-hydroxylation sites is 1. The van der Waals surface area contributed by atoms with Crippen molar-refractivity contribution in [3.05, 3.63) is 70.3 Å². The Morgan fingerprint density at radius 3 is 2.64 bits per heavy atom. The van der Waals surface area contributed by atoms with Crippen LogP contribution in [0.4, 0.5) is 0 Å². The highest BCUT2D eigenvalue weighted by molar-refractivity contribution is 9.10. The smallest absolute Gasteiger partial charge is 0.226 e. The number of halogens is 1. The van der Waals surface area contributed by atoms with Crippen molar-refractivity contribution >= 4 is 32.7 Å². The SMILES string of the molecule is O=C(Cc1cccc(Br)c1)N1CCC(c2cc3ccccc3[nH]2)CC1. The van der Waals surface area contributed by atoms with Crippen LogP contribution in [0.25, 0.3) is 10.9 Å². The van der Waals surface area contributed by atoms with E-state index in [0.29, 0.717) is 12.3 Å². The number of aromatic amines is 1. The molecule has 1 amide bonds. The Balaban J connectivity index is 1.38. The number of nitrogens with one attached hydrogen (secondary N) is 1. The van der Waals surface area contributed by atoms with E-state index in [4.69, 9.17) is 0 Å². The summed E-state index contributed by atoms with van der Waals surface area (Å²) >= 11 is 3.47. The van der Waals surface area contributed by atoms with Crippen LogP contribution in [0.5, 0.6) is 0 Å². The molecule has 1 saturated heterocycles. The van der Waals surface area contributed by atoms with Gasteiger partial charge in [-0.3, -0.25) is 4.79 Å². The quantitative estimate of drug-likeness (QED) is 0.672. The first-order valence-corrected chi connectivity index (χ1v) is 9.58. The normalized spacial score (nSPS) is 15.6. The molecule has 128 valence electrons. The fourth-order valence-corrected chi connectivity index (χ4v) is 4.14. The molecule has 1 N–H and O–H groups in total. The summed E-state index contributed by atoms with van der Waals surface area (Å²) in [4.78, 5) is 18.1. The molecule has 4 rings (SSSR count). The fraction of sp³-hybridized carbons (Fsp3) is 0.286. The highest BCUT2D eigenvalue weighted by Crippen LogP contribution is 2.30. The molecule has 4 heteroatoms. The third-order valence-corrected chi connectivity index (χ3v) is 5.58. The number of hydrogen-bond donors (Lipinski definition) is 1. The number of H-pyrrole nitrogens is 1. The van der Waals surface area contributed by atoms with E-state index in [1.165, 1.54) is 16.6 Å². The van der Waals surface area contributed by atoms with Gasteiger partial charge >= 0.3 is 0 Å². The van der Waals surface area contributed by atoms with Crippen LogP contribution in [0.1, 0.15) is 30.0 Å². The lowest BCUT2D eigenvalue weighted by molar-refractivity contribution is -0.131. The highest BCUT2D eigenvalue weighted by atomic mass is 79.9. The predicted molar refractivity (Wildman–Crippen MR) is 105 cm³/mol. The van der Waals surface area contributed by atoms with Crippen LogP contribution in [-0.2, 0) is 11.2 Å². The van der Waals surface area contributed by atoms with Crippen molar-refractivity contribution in [3.8, 4) is 0 Å². The third-order valence-electron chi connectivity index (χ3n) is 5.08. The number of nitrogens with zero attached hydrogens (tertiary/aromatic N) is 1. The van der Waals surface area contributed by atoms with Gasteiger partial charge in [0.15, 0.2) is 0 Å². The van der Waals surface area contributed by atoms with Gasteiger partial charge in [-0.15, -0.1) is 0 Å². The first kappa shape index (κ1) is 16.4. The number of benzene rings is 2. The molecule has 0 atom stereocenters. The van der Waals surface area contributed by atoms with E-state index in [1.807, 2.05) is 29.2 Å². The number of aromatic nitrogens is 1. The van der Waals surface area contributed by atoms with E-state index in [2.05, 4.69) is 51.2 Å². The second-order valence-corrected chi connectivity index (χ2v) is 7.69. The molecular formula is C21H21BrN2O. The Kier molecular flexibility index (Phi) is 4.62. The van der Waals surface area contributed by atoms with Gasteiger partial charge in [0.05, 0.1) is 6.42 Å². The lowest BCUT2D eigenvalue weighted by Crippen LogP contribution is -2.38. The summed E-state index contributed by atoms with van der Waals surface area (Å²) in [6, 6.07) is 18.7. The number of likely N-dealkylation sites (tertiary alicyclic amines) is 1. The molecule has 0 spiro atoms. The van der Waals surface area contributed by atoms with Crippen molar-refractivity contribution < 1.29 is 4.79 Å². The molecule has 1 aliphatic rings. The molecule has 1 fully saturated rings. The van der Waals surface area contributed by atoms with Crippen molar-refractivity contribution in [3.63, 3.8) is 0 Å². The van der Waals surface area contributed by atoms with Crippen LogP contribution < -0.4 is 0 Å². The van der Waals surface area contributed by atoms with Gasteiger partial charge < -0.3 is 9.88 Å². The van der Waals surface area contributed by atoms with E-state index in [-0.39, 0.29) is 5.91 Å².